The summed E-state index contributed by atoms with van der Waals surface area (Å²) in [6.45, 7) is 13.7. The maximum Gasteiger partial charge on any atom is 0.192 e. The first-order chi connectivity index (χ1) is 8.24. The number of unbranched alkanes of at least 4 members (excludes halogenated alkanes) is 2. The second-order valence-corrected chi connectivity index (χ2v) is 11.3. The normalized spacial score (nSPS) is 15.3. The lowest BCUT2D eigenvalue weighted by Crippen LogP contribution is -2.43. The molecule has 0 saturated heterocycles. The van der Waals surface area contributed by atoms with Crippen LogP contribution in [0.25, 0.3) is 0 Å². The summed E-state index contributed by atoms with van der Waals surface area (Å²) in [5.74, 6) is 0. The molecule has 0 radical (unpaired) electrons. The molecule has 0 bridgehead atoms. The summed E-state index contributed by atoms with van der Waals surface area (Å²) in [6.07, 6.45) is 8.77. The van der Waals surface area contributed by atoms with Gasteiger partial charge in [-0.1, -0.05) is 59.1 Å². The van der Waals surface area contributed by atoms with Crippen molar-refractivity contribution < 1.29 is 9.53 Å². The number of hydrogen-bond acceptors (Lipinski definition) is 2. The quantitative estimate of drug-likeness (QED) is 0.400. The third kappa shape index (κ3) is 6.71. The molecule has 108 valence electrons. The molecule has 0 rings (SSSR count). The van der Waals surface area contributed by atoms with E-state index in [2.05, 4.69) is 40.8 Å². The molecular weight excluding hydrogens is 240 g/mol. The first-order valence-corrected chi connectivity index (χ1v) is 10.1. The fourth-order valence-electron chi connectivity index (χ4n) is 1.56. The van der Waals surface area contributed by atoms with Gasteiger partial charge in [-0.05, 0) is 24.6 Å². The Hall–Kier alpha value is -0.123. The lowest BCUT2D eigenvalue weighted by atomic mass is 10.1. The topological polar surface area (TPSA) is 29.5 Å². The van der Waals surface area contributed by atoms with Crippen LogP contribution >= 0.6 is 0 Å². The minimum atomic E-state index is -1.71. The van der Waals surface area contributed by atoms with Gasteiger partial charge >= 0.3 is 0 Å². The Morgan fingerprint density at radius 1 is 1.22 bits per heavy atom. The summed E-state index contributed by atoms with van der Waals surface area (Å²) >= 11 is 0. The molecule has 3 heteroatoms. The standard InChI is InChI=1S/C15H32O2Si/c1-7-8-9-11-14(12-10-13-16)17-18(5,6)15(2,3)4/h10,12,14,16H,7-9,11,13H2,1-6H3. The molecule has 0 spiro atoms. The van der Waals surface area contributed by atoms with E-state index in [-0.39, 0.29) is 17.7 Å². The molecule has 0 fully saturated rings. The smallest absolute Gasteiger partial charge is 0.192 e. The van der Waals surface area contributed by atoms with Crippen LogP contribution < -0.4 is 0 Å². The molecular formula is C15H32O2Si. The van der Waals surface area contributed by atoms with Gasteiger partial charge in [0.15, 0.2) is 8.32 Å². The van der Waals surface area contributed by atoms with Crippen LogP contribution in [0.2, 0.25) is 18.1 Å². The largest absolute Gasteiger partial charge is 0.411 e. The Bertz CT molecular complexity index is 241. The van der Waals surface area contributed by atoms with Crippen LogP contribution in [0.15, 0.2) is 12.2 Å². The Labute approximate surface area is 115 Å². The fraction of sp³-hybridized carbons (Fsp3) is 0.867. The summed E-state index contributed by atoms with van der Waals surface area (Å²) in [5.41, 5.74) is 0. The highest BCUT2D eigenvalue weighted by atomic mass is 28.4. The summed E-state index contributed by atoms with van der Waals surface area (Å²) in [5, 5.41) is 9.15. The summed E-state index contributed by atoms with van der Waals surface area (Å²) in [4.78, 5) is 0. The molecule has 18 heavy (non-hydrogen) atoms. The average Bonchev–Trinajstić information content (AvgIpc) is 2.24. The van der Waals surface area contributed by atoms with Crippen molar-refractivity contribution in [3.8, 4) is 0 Å². The van der Waals surface area contributed by atoms with Gasteiger partial charge in [0.2, 0.25) is 0 Å². The zero-order chi connectivity index (χ0) is 14.2. The fourth-order valence-corrected chi connectivity index (χ4v) is 2.86. The Morgan fingerprint density at radius 2 is 1.83 bits per heavy atom. The van der Waals surface area contributed by atoms with Gasteiger partial charge < -0.3 is 9.53 Å². The summed E-state index contributed by atoms with van der Waals surface area (Å²) in [6, 6.07) is 0. The van der Waals surface area contributed by atoms with Gasteiger partial charge in [0.1, 0.15) is 0 Å². The zero-order valence-corrected chi connectivity index (χ0v) is 14.1. The van der Waals surface area contributed by atoms with Crippen LogP contribution in [-0.4, -0.2) is 26.1 Å². The molecule has 0 aliphatic rings. The monoisotopic (exact) mass is 272 g/mol. The third-order valence-electron chi connectivity index (χ3n) is 3.80. The molecule has 0 saturated carbocycles. The highest BCUT2D eigenvalue weighted by Crippen LogP contribution is 2.37. The van der Waals surface area contributed by atoms with E-state index in [0.29, 0.717) is 0 Å². The third-order valence-corrected chi connectivity index (χ3v) is 8.30. The lowest BCUT2D eigenvalue weighted by molar-refractivity contribution is 0.209. The van der Waals surface area contributed by atoms with E-state index in [1.54, 1.807) is 0 Å². The van der Waals surface area contributed by atoms with E-state index in [1.165, 1.54) is 19.3 Å². The van der Waals surface area contributed by atoms with Crippen molar-refractivity contribution in [1.29, 1.82) is 0 Å². The van der Waals surface area contributed by atoms with Crippen molar-refractivity contribution >= 4 is 8.32 Å². The summed E-state index contributed by atoms with van der Waals surface area (Å²) < 4.78 is 6.39. The molecule has 1 atom stereocenters. The van der Waals surface area contributed by atoms with E-state index in [0.717, 1.165) is 6.42 Å². The van der Waals surface area contributed by atoms with Crippen molar-refractivity contribution in [3.63, 3.8) is 0 Å². The SMILES string of the molecule is CCCCCC(C=CCO)O[Si](C)(C)C(C)(C)C. The predicted octanol–water partition coefficient (Wildman–Crippen LogP) is 4.51. The van der Waals surface area contributed by atoms with Gasteiger partial charge in [-0.2, -0.15) is 0 Å². The molecule has 0 aliphatic heterocycles. The number of aliphatic hydroxyl groups is 1. The van der Waals surface area contributed by atoms with Crippen molar-refractivity contribution in [2.75, 3.05) is 6.61 Å². The molecule has 2 nitrogen and oxygen atoms in total. The lowest BCUT2D eigenvalue weighted by Gasteiger charge is -2.38. The van der Waals surface area contributed by atoms with Crippen LogP contribution in [-0.2, 0) is 4.43 Å². The van der Waals surface area contributed by atoms with Crippen molar-refractivity contribution in [2.45, 2.75) is 77.6 Å². The average molecular weight is 273 g/mol. The highest BCUT2D eigenvalue weighted by Gasteiger charge is 2.38. The van der Waals surface area contributed by atoms with Crippen LogP contribution in [0.3, 0.4) is 0 Å². The maximum absolute atomic E-state index is 8.91. The molecule has 0 aromatic carbocycles. The van der Waals surface area contributed by atoms with E-state index < -0.39 is 8.32 Å². The van der Waals surface area contributed by atoms with Crippen LogP contribution in [0, 0.1) is 0 Å². The van der Waals surface area contributed by atoms with E-state index >= 15 is 0 Å². The summed E-state index contributed by atoms with van der Waals surface area (Å²) in [7, 11) is -1.71. The van der Waals surface area contributed by atoms with Gasteiger partial charge in [-0.3, -0.25) is 0 Å². The number of rotatable bonds is 8. The predicted molar refractivity (Wildman–Crippen MR) is 82.4 cm³/mol. The number of aliphatic hydroxyl groups excluding tert-OH is 1. The Balaban J connectivity index is 4.52. The van der Waals surface area contributed by atoms with Crippen molar-refractivity contribution in [3.05, 3.63) is 12.2 Å². The first-order valence-electron chi connectivity index (χ1n) is 7.20. The second kappa shape index (κ2) is 8.13. The number of hydrogen-bond donors (Lipinski definition) is 1. The van der Waals surface area contributed by atoms with Gasteiger partial charge in [-0.15, -0.1) is 0 Å². The molecule has 0 aromatic rings. The van der Waals surface area contributed by atoms with Gasteiger partial charge in [0.25, 0.3) is 0 Å². The van der Waals surface area contributed by atoms with E-state index in [9.17, 15) is 0 Å². The molecule has 0 heterocycles. The first kappa shape index (κ1) is 17.9. The Morgan fingerprint density at radius 3 is 2.28 bits per heavy atom. The minimum absolute atomic E-state index is 0.102. The maximum atomic E-state index is 8.91. The second-order valence-electron chi connectivity index (χ2n) is 6.52. The van der Waals surface area contributed by atoms with Crippen LogP contribution in [0.1, 0.15) is 53.4 Å². The molecule has 1 N–H and O–H groups in total. The van der Waals surface area contributed by atoms with Crippen molar-refractivity contribution in [2.24, 2.45) is 0 Å². The van der Waals surface area contributed by atoms with E-state index in [4.69, 9.17) is 9.53 Å². The van der Waals surface area contributed by atoms with Gasteiger partial charge in [0, 0.05) is 0 Å². The van der Waals surface area contributed by atoms with Gasteiger partial charge in [0.05, 0.1) is 12.7 Å². The molecule has 0 aliphatic carbocycles. The zero-order valence-electron chi connectivity index (χ0n) is 13.1. The highest BCUT2D eigenvalue weighted by molar-refractivity contribution is 6.74. The molecule has 0 aromatic heterocycles. The Kier molecular flexibility index (Phi) is 8.07. The van der Waals surface area contributed by atoms with Crippen LogP contribution in [0.4, 0.5) is 0 Å². The minimum Gasteiger partial charge on any atom is -0.411 e. The van der Waals surface area contributed by atoms with Gasteiger partial charge in [-0.25, -0.2) is 0 Å². The van der Waals surface area contributed by atoms with E-state index in [1.807, 2.05) is 12.2 Å². The molecule has 0 amide bonds. The van der Waals surface area contributed by atoms with Crippen LogP contribution in [0.5, 0.6) is 0 Å². The van der Waals surface area contributed by atoms with Crippen molar-refractivity contribution in [1.82, 2.24) is 0 Å². The molecule has 1 unspecified atom stereocenters.